The van der Waals surface area contributed by atoms with Crippen molar-refractivity contribution in [3.05, 3.63) is 28.7 Å². The first-order valence-corrected chi connectivity index (χ1v) is 7.24. The number of hydrogen-bond acceptors (Lipinski definition) is 5. The first kappa shape index (κ1) is 14.7. The number of aliphatic hydroxyl groups excluding tert-OH is 1. The van der Waals surface area contributed by atoms with Crippen molar-refractivity contribution in [2.45, 2.75) is 0 Å². The Morgan fingerprint density at radius 1 is 1.26 bits per heavy atom. The molecule has 5 nitrogen and oxygen atoms in total. The number of halogens is 1. The molecule has 1 aromatic carbocycles. The summed E-state index contributed by atoms with van der Waals surface area (Å²) in [4.78, 5) is 8.07. The summed E-state index contributed by atoms with van der Waals surface area (Å²) in [6.07, 6.45) is 0. The molecule has 0 atom stereocenters. The second-order valence-corrected chi connectivity index (χ2v) is 5.38. The van der Waals surface area contributed by atoms with Crippen molar-refractivity contribution in [2.24, 2.45) is 0 Å². The van der Waals surface area contributed by atoms with Crippen molar-refractivity contribution in [3.8, 4) is 0 Å². The maximum absolute atomic E-state index is 8.91. The van der Waals surface area contributed by atoms with Crippen molar-refractivity contribution in [2.75, 3.05) is 51.4 Å². The van der Waals surface area contributed by atoms with Gasteiger partial charge in [0.25, 0.3) is 0 Å². The van der Waals surface area contributed by atoms with E-state index < -0.39 is 0 Å². The summed E-state index contributed by atoms with van der Waals surface area (Å²) in [6.45, 7) is 4.49. The zero-order valence-electron chi connectivity index (χ0n) is 11.1. The SMILES string of the molecule is CN(ON1CCN(CCO)CC1)c1ccccc1Br. The van der Waals surface area contributed by atoms with Crippen molar-refractivity contribution >= 4 is 21.6 Å². The van der Waals surface area contributed by atoms with Gasteiger partial charge in [-0.05, 0) is 28.1 Å². The lowest BCUT2D eigenvalue weighted by molar-refractivity contribution is -0.184. The van der Waals surface area contributed by atoms with E-state index in [1.54, 1.807) is 5.06 Å². The second kappa shape index (κ2) is 7.21. The van der Waals surface area contributed by atoms with Crippen LogP contribution in [0.5, 0.6) is 0 Å². The highest BCUT2D eigenvalue weighted by Crippen LogP contribution is 2.25. The molecule has 6 heteroatoms. The number of β-amino-alcohol motifs (C(OH)–C–C–N with tert-alkyl or cyclic N) is 1. The third kappa shape index (κ3) is 4.15. The molecule has 1 heterocycles. The van der Waals surface area contributed by atoms with Crippen LogP contribution in [0.1, 0.15) is 0 Å². The molecule has 1 N–H and O–H groups in total. The van der Waals surface area contributed by atoms with Crippen molar-refractivity contribution in [3.63, 3.8) is 0 Å². The topological polar surface area (TPSA) is 39.2 Å². The Labute approximate surface area is 122 Å². The van der Waals surface area contributed by atoms with Gasteiger partial charge in [0, 0.05) is 44.2 Å². The van der Waals surface area contributed by atoms with Gasteiger partial charge in [-0.3, -0.25) is 4.90 Å². The van der Waals surface area contributed by atoms with E-state index in [-0.39, 0.29) is 6.61 Å². The first-order chi connectivity index (χ1) is 9.20. The molecule has 0 bridgehead atoms. The zero-order chi connectivity index (χ0) is 13.7. The van der Waals surface area contributed by atoms with Crippen molar-refractivity contribution in [1.82, 2.24) is 9.96 Å². The summed E-state index contributed by atoms with van der Waals surface area (Å²) >= 11 is 3.52. The Kier molecular flexibility index (Phi) is 5.59. The third-order valence-electron chi connectivity index (χ3n) is 3.18. The number of hydroxylamine groups is 3. The number of nitrogens with zero attached hydrogens (tertiary/aromatic N) is 3. The van der Waals surface area contributed by atoms with Crippen LogP contribution in [0.3, 0.4) is 0 Å². The largest absolute Gasteiger partial charge is 0.395 e. The van der Waals surface area contributed by atoms with E-state index in [0.29, 0.717) is 0 Å². The van der Waals surface area contributed by atoms with E-state index in [1.165, 1.54) is 0 Å². The standard InChI is InChI=1S/C13H20BrN3O2/c1-15(13-5-3-2-4-12(13)14)19-17-8-6-16(7-9-17)10-11-18/h2-5,18H,6-11H2,1H3. The summed E-state index contributed by atoms with van der Waals surface area (Å²) in [7, 11) is 1.90. The first-order valence-electron chi connectivity index (χ1n) is 6.45. The number of aliphatic hydroxyl groups is 1. The molecule has 1 fully saturated rings. The van der Waals surface area contributed by atoms with E-state index in [4.69, 9.17) is 10.0 Å². The molecule has 0 spiro atoms. The van der Waals surface area contributed by atoms with E-state index in [2.05, 4.69) is 20.8 Å². The van der Waals surface area contributed by atoms with Crippen molar-refractivity contribution in [1.29, 1.82) is 0 Å². The van der Waals surface area contributed by atoms with E-state index in [1.807, 2.05) is 36.4 Å². The van der Waals surface area contributed by atoms with Gasteiger partial charge in [-0.25, -0.2) is 5.06 Å². The summed E-state index contributed by atoms with van der Waals surface area (Å²) in [6, 6.07) is 7.97. The minimum atomic E-state index is 0.220. The number of hydrogen-bond donors (Lipinski definition) is 1. The summed E-state index contributed by atoms with van der Waals surface area (Å²) in [5.41, 5.74) is 1.00. The fraction of sp³-hybridized carbons (Fsp3) is 0.538. The number of rotatable bonds is 5. The van der Waals surface area contributed by atoms with Crippen LogP contribution in [0.25, 0.3) is 0 Å². The minimum Gasteiger partial charge on any atom is -0.395 e. The molecule has 0 aliphatic carbocycles. The monoisotopic (exact) mass is 329 g/mol. The van der Waals surface area contributed by atoms with Crippen LogP contribution >= 0.6 is 15.9 Å². The van der Waals surface area contributed by atoms with Crippen LogP contribution in [0.2, 0.25) is 0 Å². The molecule has 0 unspecified atom stereocenters. The molecule has 1 saturated heterocycles. The average molecular weight is 330 g/mol. The number of anilines is 1. The molecule has 2 rings (SSSR count). The Balaban J connectivity index is 1.84. The predicted octanol–water partition coefficient (Wildman–Crippen LogP) is 1.34. The fourth-order valence-corrected chi connectivity index (χ4v) is 2.63. The van der Waals surface area contributed by atoms with Crippen LogP contribution in [0.4, 0.5) is 5.69 Å². The summed E-state index contributed by atoms with van der Waals surface area (Å²) < 4.78 is 1.01. The van der Waals surface area contributed by atoms with Crippen LogP contribution in [0.15, 0.2) is 28.7 Å². The molecule has 0 saturated carbocycles. The quantitative estimate of drug-likeness (QED) is 0.825. The van der Waals surface area contributed by atoms with Gasteiger partial charge < -0.3 is 5.11 Å². The normalized spacial score (nSPS) is 17.6. The lowest BCUT2D eigenvalue weighted by Gasteiger charge is -2.35. The Hall–Kier alpha value is -0.660. The molecular weight excluding hydrogens is 310 g/mol. The molecule has 1 aliphatic heterocycles. The van der Waals surface area contributed by atoms with Gasteiger partial charge in [0.05, 0.1) is 12.3 Å². The molecule has 0 amide bonds. The summed E-state index contributed by atoms with van der Waals surface area (Å²) in [5, 5.41) is 12.6. The highest BCUT2D eigenvalue weighted by molar-refractivity contribution is 9.10. The van der Waals surface area contributed by atoms with Crippen molar-refractivity contribution < 1.29 is 10.0 Å². The highest BCUT2D eigenvalue weighted by atomic mass is 79.9. The van der Waals surface area contributed by atoms with Crippen LogP contribution in [-0.2, 0) is 4.94 Å². The van der Waals surface area contributed by atoms with Gasteiger partial charge in [0.2, 0.25) is 0 Å². The smallest absolute Gasteiger partial charge is 0.0794 e. The minimum absolute atomic E-state index is 0.220. The highest BCUT2D eigenvalue weighted by Gasteiger charge is 2.19. The summed E-state index contributed by atoms with van der Waals surface area (Å²) in [5.74, 6) is 0. The van der Waals surface area contributed by atoms with Gasteiger partial charge in [0.15, 0.2) is 0 Å². The van der Waals surface area contributed by atoms with Gasteiger partial charge in [-0.1, -0.05) is 12.1 Å². The zero-order valence-corrected chi connectivity index (χ0v) is 12.7. The predicted molar refractivity (Wildman–Crippen MR) is 78.7 cm³/mol. The number of para-hydroxylation sites is 1. The van der Waals surface area contributed by atoms with Gasteiger partial charge in [-0.2, -0.15) is 10.0 Å². The third-order valence-corrected chi connectivity index (χ3v) is 3.85. The molecular formula is C13H20BrN3O2. The van der Waals surface area contributed by atoms with Crippen LogP contribution in [-0.4, -0.2) is 61.4 Å². The maximum atomic E-state index is 8.91. The number of benzene rings is 1. The van der Waals surface area contributed by atoms with E-state index in [0.717, 1.165) is 42.9 Å². The maximum Gasteiger partial charge on any atom is 0.0794 e. The van der Waals surface area contributed by atoms with E-state index in [9.17, 15) is 0 Å². The Morgan fingerprint density at radius 3 is 2.58 bits per heavy atom. The molecule has 106 valence electrons. The average Bonchev–Trinajstić information content (AvgIpc) is 2.42. The Bertz CT molecular complexity index is 397. The Morgan fingerprint density at radius 2 is 1.95 bits per heavy atom. The number of piperazine rings is 1. The second-order valence-electron chi connectivity index (χ2n) is 4.52. The lowest BCUT2D eigenvalue weighted by Crippen LogP contribution is -2.48. The molecule has 19 heavy (non-hydrogen) atoms. The molecule has 1 aromatic rings. The van der Waals surface area contributed by atoms with Gasteiger partial charge >= 0.3 is 0 Å². The van der Waals surface area contributed by atoms with Gasteiger partial charge in [-0.15, -0.1) is 0 Å². The molecule has 0 aromatic heterocycles. The van der Waals surface area contributed by atoms with Crippen LogP contribution < -0.4 is 5.06 Å². The van der Waals surface area contributed by atoms with E-state index >= 15 is 0 Å². The molecule has 0 radical (unpaired) electrons. The van der Waals surface area contributed by atoms with Crippen LogP contribution in [0, 0.1) is 0 Å². The fourth-order valence-electron chi connectivity index (χ4n) is 2.10. The van der Waals surface area contributed by atoms with Gasteiger partial charge in [0.1, 0.15) is 0 Å². The lowest BCUT2D eigenvalue weighted by atomic mass is 10.3. The molecule has 1 aliphatic rings.